The maximum atomic E-state index is 13.0. The van der Waals surface area contributed by atoms with Gasteiger partial charge in [-0.2, -0.15) is 0 Å². The Morgan fingerprint density at radius 1 is 1.50 bits per heavy atom. The molecule has 1 saturated heterocycles. The molecule has 0 amide bonds. The van der Waals surface area contributed by atoms with Gasteiger partial charge in [-0.05, 0) is 44.4 Å². The van der Waals surface area contributed by atoms with Gasteiger partial charge in [0.1, 0.15) is 5.82 Å². The van der Waals surface area contributed by atoms with E-state index in [-0.39, 0.29) is 17.4 Å². The van der Waals surface area contributed by atoms with Crippen LogP contribution in [0, 0.1) is 5.82 Å². The van der Waals surface area contributed by atoms with Gasteiger partial charge in [0.05, 0.1) is 6.10 Å². The summed E-state index contributed by atoms with van der Waals surface area (Å²) in [6.07, 6.45) is 1.33. The third-order valence-corrected chi connectivity index (χ3v) is 3.23. The van der Waals surface area contributed by atoms with Crippen molar-refractivity contribution in [1.82, 2.24) is 5.32 Å². The molecule has 2 nitrogen and oxygen atoms in total. The van der Waals surface area contributed by atoms with Gasteiger partial charge in [-0.15, -0.1) is 0 Å². The Balaban J connectivity index is 2.11. The molecule has 1 heterocycles. The molecule has 0 aromatic heterocycles. The van der Waals surface area contributed by atoms with E-state index in [0.717, 1.165) is 12.8 Å². The summed E-state index contributed by atoms with van der Waals surface area (Å²) >= 11 is 0. The first-order chi connectivity index (χ1) is 7.48. The molecular formula is C13H18FNO. The van der Waals surface area contributed by atoms with Crippen molar-refractivity contribution in [2.24, 2.45) is 0 Å². The van der Waals surface area contributed by atoms with Crippen LogP contribution < -0.4 is 5.32 Å². The van der Waals surface area contributed by atoms with Crippen molar-refractivity contribution in [2.75, 3.05) is 0 Å². The van der Waals surface area contributed by atoms with Gasteiger partial charge in [0.2, 0.25) is 0 Å². The van der Waals surface area contributed by atoms with Crippen LogP contribution in [0.25, 0.3) is 0 Å². The van der Waals surface area contributed by atoms with Gasteiger partial charge in [-0.25, -0.2) is 4.39 Å². The summed E-state index contributed by atoms with van der Waals surface area (Å²) in [5, 5.41) is 13.5. The molecular weight excluding hydrogens is 205 g/mol. The first-order valence-electron chi connectivity index (χ1n) is 5.69. The average molecular weight is 223 g/mol. The first kappa shape index (κ1) is 11.6. The van der Waals surface area contributed by atoms with Crippen LogP contribution in [-0.2, 0) is 0 Å². The lowest BCUT2D eigenvalue weighted by Gasteiger charge is -2.23. The molecule has 1 aromatic rings. The molecule has 0 unspecified atom stereocenters. The molecule has 2 atom stereocenters. The smallest absolute Gasteiger partial charge is 0.123 e. The number of aliphatic hydroxyl groups excluding tert-OH is 1. The van der Waals surface area contributed by atoms with Crippen LogP contribution in [0.1, 0.15) is 38.4 Å². The number of nitrogens with one attached hydrogen (secondary N) is 1. The second-order valence-electron chi connectivity index (χ2n) is 5.17. The summed E-state index contributed by atoms with van der Waals surface area (Å²) in [4.78, 5) is 0. The Hall–Kier alpha value is -0.930. The monoisotopic (exact) mass is 223 g/mol. The number of rotatable bonds is 2. The van der Waals surface area contributed by atoms with E-state index in [1.807, 2.05) is 0 Å². The van der Waals surface area contributed by atoms with Crippen LogP contribution in [0.5, 0.6) is 0 Å². The van der Waals surface area contributed by atoms with E-state index < -0.39 is 6.10 Å². The Morgan fingerprint density at radius 2 is 2.25 bits per heavy atom. The van der Waals surface area contributed by atoms with Crippen molar-refractivity contribution in [3.05, 3.63) is 35.6 Å². The second-order valence-corrected chi connectivity index (χ2v) is 5.17. The van der Waals surface area contributed by atoms with E-state index in [0.29, 0.717) is 5.56 Å². The van der Waals surface area contributed by atoms with Crippen molar-refractivity contribution in [1.29, 1.82) is 0 Å². The van der Waals surface area contributed by atoms with Gasteiger partial charge in [-0.3, -0.25) is 0 Å². The minimum atomic E-state index is -0.627. The molecule has 2 N–H and O–H groups in total. The molecule has 1 fully saturated rings. The van der Waals surface area contributed by atoms with E-state index in [2.05, 4.69) is 19.2 Å². The first-order valence-corrected chi connectivity index (χ1v) is 5.69. The Kier molecular flexibility index (Phi) is 3.00. The molecule has 0 aliphatic carbocycles. The van der Waals surface area contributed by atoms with Crippen LogP contribution in [-0.4, -0.2) is 16.7 Å². The molecule has 16 heavy (non-hydrogen) atoms. The van der Waals surface area contributed by atoms with Crippen molar-refractivity contribution < 1.29 is 9.50 Å². The lowest BCUT2D eigenvalue weighted by Crippen LogP contribution is -2.40. The number of hydrogen-bond donors (Lipinski definition) is 2. The Bertz CT molecular complexity index is 378. The van der Waals surface area contributed by atoms with Crippen molar-refractivity contribution in [3.8, 4) is 0 Å². The molecule has 0 saturated carbocycles. The van der Waals surface area contributed by atoms with Gasteiger partial charge < -0.3 is 10.4 Å². The molecule has 1 aromatic carbocycles. The number of aliphatic hydroxyl groups is 1. The highest BCUT2D eigenvalue weighted by Crippen LogP contribution is 2.30. The standard InChI is InChI=1S/C13H18FNO/c1-13(2)7-6-11(15-13)12(16)9-4-3-5-10(14)8-9/h3-5,8,11-12,15-16H,6-7H2,1-2H3/t11-,12-/m1/s1. The topological polar surface area (TPSA) is 32.3 Å². The van der Waals surface area contributed by atoms with E-state index in [4.69, 9.17) is 0 Å². The van der Waals surface area contributed by atoms with Crippen LogP contribution >= 0.6 is 0 Å². The van der Waals surface area contributed by atoms with Crippen molar-refractivity contribution in [2.45, 2.75) is 44.4 Å². The molecule has 0 radical (unpaired) electrons. The number of benzene rings is 1. The van der Waals surface area contributed by atoms with Gasteiger partial charge in [-0.1, -0.05) is 12.1 Å². The zero-order chi connectivity index (χ0) is 11.8. The molecule has 2 rings (SSSR count). The van der Waals surface area contributed by atoms with Crippen molar-refractivity contribution in [3.63, 3.8) is 0 Å². The van der Waals surface area contributed by atoms with Gasteiger partial charge in [0, 0.05) is 11.6 Å². The van der Waals surface area contributed by atoms with E-state index in [9.17, 15) is 9.50 Å². The minimum Gasteiger partial charge on any atom is -0.387 e. The fourth-order valence-corrected chi connectivity index (χ4v) is 2.32. The summed E-state index contributed by atoms with van der Waals surface area (Å²) in [6, 6.07) is 6.21. The summed E-state index contributed by atoms with van der Waals surface area (Å²) in [5.74, 6) is -0.297. The molecule has 88 valence electrons. The van der Waals surface area contributed by atoms with Crippen LogP contribution in [0.4, 0.5) is 4.39 Å². The molecule has 1 aliphatic heterocycles. The van der Waals surface area contributed by atoms with E-state index in [1.165, 1.54) is 12.1 Å². The average Bonchev–Trinajstić information content (AvgIpc) is 2.58. The Labute approximate surface area is 95.5 Å². The normalized spacial score (nSPS) is 25.6. The highest BCUT2D eigenvalue weighted by Gasteiger charge is 2.34. The predicted molar refractivity (Wildman–Crippen MR) is 61.6 cm³/mol. The summed E-state index contributed by atoms with van der Waals surface area (Å²) in [5.41, 5.74) is 0.717. The summed E-state index contributed by atoms with van der Waals surface area (Å²) < 4.78 is 13.0. The SMILES string of the molecule is CC1(C)CC[C@H]([C@H](O)c2cccc(F)c2)N1. The molecule has 0 spiro atoms. The molecule has 1 aliphatic rings. The lowest BCUT2D eigenvalue weighted by atomic mass is 10.00. The summed E-state index contributed by atoms with van der Waals surface area (Å²) in [7, 11) is 0. The quantitative estimate of drug-likeness (QED) is 0.807. The van der Waals surface area contributed by atoms with Gasteiger partial charge in [0.25, 0.3) is 0 Å². The molecule has 3 heteroatoms. The third-order valence-electron chi connectivity index (χ3n) is 3.23. The maximum absolute atomic E-state index is 13.0. The Morgan fingerprint density at radius 3 is 2.81 bits per heavy atom. The predicted octanol–water partition coefficient (Wildman–Crippen LogP) is 2.39. The van der Waals surface area contributed by atoms with E-state index >= 15 is 0 Å². The largest absolute Gasteiger partial charge is 0.387 e. The fourth-order valence-electron chi connectivity index (χ4n) is 2.32. The van der Waals surface area contributed by atoms with Crippen LogP contribution in [0.15, 0.2) is 24.3 Å². The third kappa shape index (κ3) is 2.42. The zero-order valence-electron chi connectivity index (χ0n) is 9.70. The lowest BCUT2D eigenvalue weighted by molar-refractivity contribution is 0.131. The fraction of sp³-hybridized carbons (Fsp3) is 0.538. The number of halogens is 1. The molecule has 0 bridgehead atoms. The van der Waals surface area contributed by atoms with Crippen molar-refractivity contribution >= 4 is 0 Å². The highest BCUT2D eigenvalue weighted by atomic mass is 19.1. The van der Waals surface area contributed by atoms with Crippen LogP contribution in [0.2, 0.25) is 0 Å². The zero-order valence-corrected chi connectivity index (χ0v) is 9.70. The van der Waals surface area contributed by atoms with Gasteiger partial charge >= 0.3 is 0 Å². The highest BCUT2D eigenvalue weighted by molar-refractivity contribution is 5.21. The summed E-state index contributed by atoms with van der Waals surface area (Å²) in [6.45, 7) is 4.23. The van der Waals surface area contributed by atoms with Gasteiger partial charge in [0.15, 0.2) is 0 Å². The maximum Gasteiger partial charge on any atom is 0.123 e. The van der Waals surface area contributed by atoms with E-state index in [1.54, 1.807) is 12.1 Å². The van der Waals surface area contributed by atoms with Crippen LogP contribution in [0.3, 0.4) is 0 Å². The second kappa shape index (κ2) is 4.15. The number of hydrogen-bond acceptors (Lipinski definition) is 2. The minimum absolute atomic E-state index is 0.0248.